The molecule has 0 aliphatic heterocycles. The zero-order chi connectivity index (χ0) is 16.7. The van der Waals surface area contributed by atoms with Crippen molar-refractivity contribution in [3.05, 3.63) is 66.3 Å². The molecular weight excluding hydrogens is 319 g/mol. The summed E-state index contributed by atoms with van der Waals surface area (Å²) in [6.07, 6.45) is -0.0259. The van der Waals surface area contributed by atoms with Gasteiger partial charge in [-0.15, -0.1) is 0 Å². The van der Waals surface area contributed by atoms with Crippen LogP contribution >= 0.6 is 0 Å². The molecule has 0 unspecified atom stereocenters. The molecular formula is C17H10F3N3O. The highest BCUT2D eigenvalue weighted by Crippen LogP contribution is 2.32. The van der Waals surface area contributed by atoms with Gasteiger partial charge < -0.3 is 4.42 Å². The second-order valence-electron chi connectivity index (χ2n) is 5.12. The molecule has 4 aromatic rings. The van der Waals surface area contributed by atoms with Crippen LogP contribution in [0.2, 0.25) is 0 Å². The summed E-state index contributed by atoms with van der Waals surface area (Å²) in [5.74, 6) is -0.175. The van der Waals surface area contributed by atoms with Crippen molar-refractivity contribution in [2.45, 2.75) is 6.43 Å². The zero-order valence-electron chi connectivity index (χ0n) is 12.2. The van der Waals surface area contributed by atoms with E-state index in [1.165, 1.54) is 41.4 Å². The summed E-state index contributed by atoms with van der Waals surface area (Å²) in [6, 6.07) is 10.5. The van der Waals surface area contributed by atoms with Crippen LogP contribution in [0.4, 0.5) is 13.2 Å². The molecule has 0 radical (unpaired) electrons. The van der Waals surface area contributed by atoms with Gasteiger partial charge in [-0.1, -0.05) is 12.1 Å². The fraction of sp³-hybridized carbons (Fsp3) is 0.0588. The Bertz CT molecular complexity index is 1010. The monoisotopic (exact) mass is 329 g/mol. The van der Waals surface area contributed by atoms with Gasteiger partial charge >= 0.3 is 0 Å². The lowest BCUT2D eigenvalue weighted by Gasteiger charge is -2.07. The molecule has 7 heteroatoms. The molecule has 0 bridgehead atoms. The van der Waals surface area contributed by atoms with E-state index in [0.29, 0.717) is 5.76 Å². The third-order valence-corrected chi connectivity index (χ3v) is 3.66. The Morgan fingerprint density at radius 3 is 2.62 bits per heavy atom. The molecule has 0 fully saturated rings. The van der Waals surface area contributed by atoms with Crippen molar-refractivity contribution in [3.8, 4) is 17.1 Å². The first-order valence-corrected chi connectivity index (χ1v) is 7.11. The zero-order valence-corrected chi connectivity index (χ0v) is 12.2. The Morgan fingerprint density at radius 2 is 1.92 bits per heavy atom. The van der Waals surface area contributed by atoms with E-state index in [0.717, 1.165) is 0 Å². The lowest BCUT2D eigenvalue weighted by molar-refractivity contribution is 0.153. The molecule has 0 aliphatic rings. The lowest BCUT2D eigenvalue weighted by atomic mass is 10.1. The van der Waals surface area contributed by atoms with E-state index in [1.807, 2.05) is 0 Å². The quantitative estimate of drug-likeness (QED) is 0.544. The summed E-state index contributed by atoms with van der Waals surface area (Å²) in [4.78, 5) is 4.34. The average molecular weight is 329 g/mol. The lowest BCUT2D eigenvalue weighted by Crippen LogP contribution is -2.01. The molecule has 4 nitrogen and oxygen atoms in total. The van der Waals surface area contributed by atoms with Crippen LogP contribution in [0.15, 0.2) is 59.3 Å². The minimum atomic E-state index is -2.72. The molecule has 0 aliphatic carbocycles. The van der Waals surface area contributed by atoms with E-state index < -0.39 is 12.2 Å². The highest BCUT2D eigenvalue weighted by atomic mass is 19.3. The molecule has 3 aromatic heterocycles. The summed E-state index contributed by atoms with van der Waals surface area (Å²) >= 11 is 0. The summed E-state index contributed by atoms with van der Waals surface area (Å²) in [7, 11) is 0. The molecule has 120 valence electrons. The fourth-order valence-corrected chi connectivity index (χ4v) is 2.56. The SMILES string of the molecule is Fc1ccccc1-n1ncc2c(C(F)F)cc(-c3ccco3)nc21. The van der Waals surface area contributed by atoms with Crippen molar-refractivity contribution in [1.82, 2.24) is 14.8 Å². The largest absolute Gasteiger partial charge is 0.463 e. The van der Waals surface area contributed by atoms with Crippen molar-refractivity contribution in [2.75, 3.05) is 0 Å². The van der Waals surface area contributed by atoms with Crippen LogP contribution in [0.1, 0.15) is 12.0 Å². The van der Waals surface area contributed by atoms with Gasteiger partial charge in [0.2, 0.25) is 0 Å². The average Bonchev–Trinajstić information content (AvgIpc) is 3.24. The number of rotatable bonds is 3. The first kappa shape index (κ1) is 14.5. The van der Waals surface area contributed by atoms with Crippen molar-refractivity contribution in [2.24, 2.45) is 0 Å². The first-order chi connectivity index (χ1) is 11.6. The number of pyridine rings is 1. The van der Waals surface area contributed by atoms with E-state index in [4.69, 9.17) is 4.42 Å². The number of aromatic nitrogens is 3. The molecule has 0 spiro atoms. The highest BCUT2D eigenvalue weighted by molar-refractivity contribution is 5.83. The third-order valence-electron chi connectivity index (χ3n) is 3.66. The van der Waals surface area contributed by atoms with Crippen molar-refractivity contribution < 1.29 is 17.6 Å². The van der Waals surface area contributed by atoms with Crippen LogP contribution in [-0.2, 0) is 0 Å². The van der Waals surface area contributed by atoms with E-state index in [2.05, 4.69) is 10.1 Å². The van der Waals surface area contributed by atoms with Crippen molar-refractivity contribution in [1.29, 1.82) is 0 Å². The van der Waals surface area contributed by atoms with Gasteiger partial charge in [-0.05, 0) is 30.3 Å². The number of hydrogen-bond donors (Lipinski definition) is 0. The Labute approximate surface area is 134 Å². The van der Waals surface area contributed by atoms with Crippen LogP contribution < -0.4 is 0 Å². The normalized spacial score (nSPS) is 11.5. The van der Waals surface area contributed by atoms with Crippen LogP contribution in [0.5, 0.6) is 0 Å². The minimum absolute atomic E-state index is 0.136. The van der Waals surface area contributed by atoms with Gasteiger partial charge in [-0.2, -0.15) is 5.10 Å². The van der Waals surface area contributed by atoms with E-state index in [1.54, 1.807) is 18.2 Å². The molecule has 0 N–H and O–H groups in total. The number of halogens is 3. The Morgan fingerprint density at radius 1 is 1.08 bits per heavy atom. The molecule has 0 atom stereocenters. The Balaban J connectivity index is 2.03. The first-order valence-electron chi connectivity index (χ1n) is 7.11. The van der Waals surface area contributed by atoms with Crippen LogP contribution in [0, 0.1) is 5.82 Å². The topological polar surface area (TPSA) is 43.9 Å². The predicted octanol–water partition coefficient (Wildman–Crippen LogP) is 4.76. The Hall–Kier alpha value is -3.09. The summed E-state index contributed by atoms with van der Waals surface area (Å²) in [5.41, 5.74) is 0.288. The number of para-hydroxylation sites is 1. The number of fused-ring (bicyclic) bond motifs is 1. The summed E-state index contributed by atoms with van der Waals surface area (Å²) in [6.45, 7) is 0. The van der Waals surface area contributed by atoms with Crippen LogP contribution in [-0.4, -0.2) is 14.8 Å². The highest BCUT2D eigenvalue weighted by Gasteiger charge is 2.20. The summed E-state index contributed by atoms with van der Waals surface area (Å²) < 4.78 is 47.4. The number of benzene rings is 1. The molecule has 1 aromatic carbocycles. The van der Waals surface area contributed by atoms with Gasteiger partial charge in [-0.3, -0.25) is 0 Å². The Kier molecular flexibility index (Phi) is 3.34. The van der Waals surface area contributed by atoms with Gasteiger partial charge in [0.1, 0.15) is 17.2 Å². The predicted molar refractivity (Wildman–Crippen MR) is 81.5 cm³/mol. The summed E-state index contributed by atoms with van der Waals surface area (Å²) in [5, 5.41) is 4.21. The molecule has 0 amide bonds. The van der Waals surface area contributed by atoms with Gasteiger partial charge in [0.25, 0.3) is 6.43 Å². The maximum absolute atomic E-state index is 14.1. The van der Waals surface area contributed by atoms with Crippen molar-refractivity contribution >= 4 is 11.0 Å². The van der Waals surface area contributed by atoms with Gasteiger partial charge in [0, 0.05) is 10.9 Å². The maximum Gasteiger partial charge on any atom is 0.264 e. The molecule has 24 heavy (non-hydrogen) atoms. The molecule has 0 saturated carbocycles. The number of furan rings is 1. The molecule has 3 heterocycles. The number of nitrogens with zero attached hydrogens (tertiary/aromatic N) is 3. The van der Waals surface area contributed by atoms with Crippen LogP contribution in [0.25, 0.3) is 28.2 Å². The smallest absolute Gasteiger partial charge is 0.264 e. The van der Waals surface area contributed by atoms with Crippen LogP contribution in [0.3, 0.4) is 0 Å². The second-order valence-corrected chi connectivity index (χ2v) is 5.12. The van der Waals surface area contributed by atoms with E-state index in [-0.39, 0.29) is 28.0 Å². The number of hydrogen-bond acceptors (Lipinski definition) is 3. The second kappa shape index (κ2) is 5.52. The fourth-order valence-electron chi connectivity index (χ4n) is 2.56. The van der Waals surface area contributed by atoms with Gasteiger partial charge in [0.05, 0.1) is 12.5 Å². The minimum Gasteiger partial charge on any atom is -0.463 e. The maximum atomic E-state index is 14.1. The van der Waals surface area contributed by atoms with E-state index in [9.17, 15) is 13.2 Å². The molecule has 0 saturated heterocycles. The standard InChI is InChI=1S/C17H10F3N3O/c18-12-4-1-2-5-14(12)23-17-11(9-21-23)10(16(19)20)8-13(22-17)15-6-3-7-24-15/h1-9,16H. The van der Waals surface area contributed by atoms with E-state index >= 15 is 0 Å². The molecule has 4 rings (SSSR count). The van der Waals surface area contributed by atoms with Crippen molar-refractivity contribution in [3.63, 3.8) is 0 Å². The van der Waals surface area contributed by atoms with Gasteiger partial charge in [0.15, 0.2) is 11.4 Å². The number of alkyl halides is 2. The third kappa shape index (κ3) is 2.25. The van der Waals surface area contributed by atoms with Gasteiger partial charge in [-0.25, -0.2) is 22.8 Å².